The van der Waals surface area contributed by atoms with Gasteiger partial charge in [-0.3, -0.25) is 0 Å². The highest BCUT2D eigenvalue weighted by molar-refractivity contribution is 7.99. The lowest BCUT2D eigenvalue weighted by Gasteiger charge is -2.18. The monoisotopic (exact) mass is 359 g/mol. The molecule has 2 aromatic carbocycles. The Morgan fingerprint density at radius 2 is 1.80 bits per heavy atom. The number of aromatic nitrogens is 1. The van der Waals surface area contributed by atoms with Crippen LogP contribution in [-0.2, 0) is 12.7 Å². The Balaban J connectivity index is 2.16. The number of benzene rings is 2. The van der Waals surface area contributed by atoms with Gasteiger partial charge in [-0.2, -0.15) is 13.2 Å². The number of nitrogens with zero attached hydrogens (tertiary/aromatic N) is 1. The summed E-state index contributed by atoms with van der Waals surface area (Å²) in [6.45, 7) is -0.00107. The first-order chi connectivity index (χ1) is 12.0. The maximum atomic E-state index is 13.7. The van der Waals surface area contributed by atoms with Gasteiger partial charge in [0.05, 0.1) is 5.56 Å². The van der Waals surface area contributed by atoms with E-state index in [1.54, 1.807) is 42.5 Å². The molecule has 0 unspecified atom stereocenters. The van der Waals surface area contributed by atoms with Gasteiger partial charge < -0.3 is 5.73 Å². The molecule has 0 bridgehead atoms. The first kappa shape index (κ1) is 17.5. The van der Waals surface area contributed by atoms with Gasteiger partial charge in [-0.05, 0) is 34.9 Å². The van der Waals surface area contributed by atoms with E-state index in [0.717, 1.165) is 11.8 Å². The molecule has 0 amide bonds. The average Bonchev–Trinajstić information content (AvgIpc) is 2.62. The van der Waals surface area contributed by atoms with Crippen LogP contribution in [0.5, 0.6) is 0 Å². The molecule has 1 radical (unpaired) electrons. The standard InChI is InChI=1S/C19H14F3N2S/c20-19(21,22)16-11-14(13-6-2-1-3-7-13)10-15(12-23)18(16)25-17-8-4-5-9-24-17/h1-7,9-11H,12,23H2. The van der Waals surface area contributed by atoms with E-state index in [-0.39, 0.29) is 11.4 Å². The van der Waals surface area contributed by atoms with E-state index >= 15 is 0 Å². The molecular formula is C19H14F3N2S. The first-order valence-corrected chi connectivity index (χ1v) is 8.31. The topological polar surface area (TPSA) is 38.9 Å². The van der Waals surface area contributed by atoms with Gasteiger partial charge in [-0.25, -0.2) is 4.98 Å². The van der Waals surface area contributed by atoms with Crippen molar-refractivity contribution >= 4 is 11.8 Å². The number of hydrogen-bond acceptors (Lipinski definition) is 3. The Labute approximate surface area is 147 Å². The molecule has 127 valence electrons. The molecule has 2 N–H and O–H groups in total. The highest BCUT2D eigenvalue weighted by Crippen LogP contribution is 2.43. The molecule has 0 atom stereocenters. The van der Waals surface area contributed by atoms with Crippen molar-refractivity contribution in [3.63, 3.8) is 0 Å². The SMILES string of the molecule is NCc1cc(-c2ccccc2)cc(C(F)(F)F)c1Sc1[c]cccn1. The highest BCUT2D eigenvalue weighted by atomic mass is 32.2. The van der Waals surface area contributed by atoms with E-state index in [0.29, 0.717) is 21.7 Å². The quantitative estimate of drug-likeness (QED) is 0.698. The summed E-state index contributed by atoms with van der Waals surface area (Å²) in [5.41, 5.74) is 6.67. The minimum atomic E-state index is -4.49. The van der Waals surface area contributed by atoms with Crippen molar-refractivity contribution in [1.29, 1.82) is 0 Å². The van der Waals surface area contributed by atoms with Crippen LogP contribution in [0.1, 0.15) is 11.1 Å². The fourth-order valence-corrected chi connectivity index (χ4v) is 3.42. The second kappa shape index (κ2) is 7.29. The Kier molecular flexibility index (Phi) is 5.11. The van der Waals surface area contributed by atoms with Crippen LogP contribution in [0.15, 0.2) is 70.7 Å². The molecule has 0 aliphatic rings. The Bertz CT molecular complexity index is 850. The summed E-state index contributed by atoms with van der Waals surface area (Å²) < 4.78 is 41.0. The lowest BCUT2D eigenvalue weighted by Crippen LogP contribution is -2.11. The third-order valence-electron chi connectivity index (χ3n) is 3.58. The zero-order valence-electron chi connectivity index (χ0n) is 13.0. The molecule has 0 aliphatic carbocycles. The zero-order valence-corrected chi connectivity index (χ0v) is 13.9. The molecule has 0 spiro atoms. The second-order valence-corrected chi connectivity index (χ2v) is 6.27. The van der Waals surface area contributed by atoms with Gasteiger partial charge >= 0.3 is 6.18 Å². The molecule has 3 aromatic rings. The average molecular weight is 359 g/mol. The molecule has 0 saturated heterocycles. The van der Waals surface area contributed by atoms with Crippen molar-refractivity contribution in [3.05, 3.63) is 78.0 Å². The number of halogens is 3. The summed E-state index contributed by atoms with van der Waals surface area (Å²) in [6.07, 6.45) is -2.97. The maximum Gasteiger partial charge on any atom is 0.417 e. The molecule has 0 saturated carbocycles. The van der Waals surface area contributed by atoms with E-state index < -0.39 is 11.7 Å². The number of nitrogens with two attached hydrogens (primary N) is 1. The minimum Gasteiger partial charge on any atom is -0.326 e. The third-order valence-corrected chi connectivity index (χ3v) is 4.68. The molecular weight excluding hydrogens is 345 g/mol. The smallest absolute Gasteiger partial charge is 0.326 e. The molecule has 1 heterocycles. The fraction of sp³-hybridized carbons (Fsp3) is 0.105. The number of hydrogen-bond donors (Lipinski definition) is 1. The van der Waals surface area contributed by atoms with E-state index in [4.69, 9.17) is 5.73 Å². The Morgan fingerprint density at radius 1 is 1.04 bits per heavy atom. The van der Waals surface area contributed by atoms with E-state index in [1.807, 2.05) is 6.07 Å². The largest absolute Gasteiger partial charge is 0.417 e. The summed E-state index contributed by atoms with van der Waals surface area (Å²) in [5.74, 6) is 0. The van der Waals surface area contributed by atoms with E-state index in [2.05, 4.69) is 11.1 Å². The van der Waals surface area contributed by atoms with Gasteiger partial charge in [0.15, 0.2) is 0 Å². The van der Waals surface area contributed by atoms with E-state index in [9.17, 15) is 13.2 Å². The summed E-state index contributed by atoms with van der Waals surface area (Å²) in [5, 5.41) is 0.371. The van der Waals surface area contributed by atoms with Gasteiger partial charge in [-0.1, -0.05) is 48.2 Å². The van der Waals surface area contributed by atoms with Gasteiger partial charge in [0.2, 0.25) is 0 Å². The Morgan fingerprint density at radius 3 is 2.40 bits per heavy atom. The molecule has 0 fully saturated rings. The van der Waals surface area contributed by atoms with Crippen molar-refractivity contribution in [2.75, 3.05) is 0 Å². The van der Waals surface area contributed by atoms with Crippen LogP contribution in [0.25, 0.3) is 11.1 Å². The van der Waals surface area contributed by atoms with Gasteiger partial charge in [0.1, 0.15) is 5.03 Å². The van der Waals surface area contributed by atoms with Crippen LogP contribution < -0.4 is 5.73 Å². The summed E-state index contributed by atoms with van der Waals surface area (Å²) in [4.78, 5) is 4.13. The maximum absolute atomic E-state index is 13.7. The van der Waals surface area contributed by atoms with Crippen LogP contribution in [0.4, 0.5) is 13.2 Å². The molecule has 3 rings (SSSR count). The fourth-order valence-electron chi connectivity index (χ4n) is 2.43. The van der Waals surface area contributed by atoms with Crippen LogP contribution in [-0.4, -0.2) is 4.98 Å². The van der Waals surface area contributed by atoms with Gasteiger partial charge in [0.25, 0.3) is 0 Å². The Hall–Kier alpha value is -2.31. The highest BCUT2D eigenvalue weighted by Gasteiger charge is 2.35. The lowest BCUT2D eigenvalue weighted by atomic mass is 9.99. The van der Waals surface area contributed by atoms with Crippen molar-refractivity contribution in [2.24, 2.45) is 5.73 Å². The van der Waals surface area contributed by atoms with Gasteiger partial charge in [-0.15, -0.1) is 0 Å². The third kappa shape index (κ3) is 4.03. The molecule has 2 nitrogen and oxygen atoms in total. The predicted molar refractivity (Wildman–Crippen MR) is 92.0 cm³/mol. The molecule has 1 aromatic heterocycles. The lowest BCUT2D eigenvalue weighted by molar-refractivity contribution is -0.139. The minimum absolute atomic E-state index is 0.00107. The number of alkyl halides is 3. The molecule has 6 heteroatoms. The van der Waals surface area contributed by atoms with Crippen molar-refractivity contribution in [2.45, 2.75) is 22.6 Å². The number of rotatable bonds is 4. The van der Waals surface area contributed by atoms with Gasteiger partial charge in [0, 0.05) is 23.7 Å². The number of pyridine rings is 1. The second-order valence-electron chi connectivity index (χ2n) is 5.27. The summed E-state index contributed by atoms with van der Waals surface area (Å²) in [6, 6.07) is 17.9. The van der Waals surface area contributed by atoms with Crippen LogP contribution in [0.2, 0.25) is 0 Å². The van der Waals surface area contributed by atoms with Crippen LogP contribution in [0, 0.1) is 6.07 Å². The summed E-state index contributed by atoms with van der Waals surface area (Å²) >= 11 is 0.930. The van der Waals surface area contributed by atoms with Crippen molar-refractivity contribution < 1.29 is 13.2 Å². The normalized spacial score (nSPS) is 11.5. The van der Waals surface area contributed by atoms with E-state index in [1.165, 1.54) is 12.3 Å². The zero-order chi connectivity index (χ0) is 17.9. The first-order valence-electron chi connectivity index (χ1n) is 7.49. The van der Waals surface area contributed by atoms with Crippen molar-refractivity contribution in [1.82, 2.24) is 4.98 Å². The molecule has 25 heavy (non-hydrogen) atoms. The molecule has 0 aliphatic heterocycles. The summed E-state index contributed by atoms with van der Waals surface area (Å²) in [7, 11) is 0. The van der Waals surface area contributed by atoms with Crippen molar-refractivity contribution in [3.8, 4) is 11.1 Å². The van der Waals surface area contributed by atoms with Crippen LogP contribution >= 0.6 is 11.8 Å². The predicted octanol–water partition coefficient (Wildman–Crippen LogP) is 5.18. The van der Waals surface area contributed by atoms with Crippen LogP contribution in [0.3, 0.4) is 0 Å².